The normalized spacial score (nSPS) is 11.4. The Hall–Kier alpha value is -12.3. The van der Waals surface area contributed by atoms with Crippen molar-refractivity contribution in [1.82, 2.24) is 29.1 Å². The molecule has 0 saturated heterocycles. The summed E-state index contributed by atoms with van der Waals surface area (Å²) in [7, 11) is 0. The minimum atomic E-state index is -0.742. The monoisotopic (exact) mass is 1160 g/mol. The zero-order valence-electron chi connectivity index (χ0n) is 48.2. The van der Waals surface area contributed by atoms with Gasteiger partial charge in [0.2, 0.25) is 5.69 Å². The number of nitrogens with zero attached hydrogens (tertiary/aromatic N) is 7. The summed E-state index contributed by atoms with van der Waals surface area (Å²) in [5.41, 5.74) is 19.9. The van der Waals surface area contributed by atoms with Crippen LogP contribution in [0.3, 0.4) is 0 Å². The highest BCUT2D eigenvalue weighted by atomic mass is 19.1. The van der Waals surface area contributed by atoms with Gasteiger partial charge in [0.05, 0.1) is 62.8 Å². The highest BCUT2D eigenvalue weighted by Crippen LogP contribution is 2.48. The molecule has 0 fully saturated rings. The van der Waals surface area contributed by atoms with Crippen LogP contribution in [-0.2, 0) is 0 Å². The lowest BCUT2D eigenvalue weighted by Gasteiger charge is -2.21. The largest absolute Gasteiger partial charge is 0.319 e. The molecule has 16 rings (SSSR count). The van der Waals surface area contributed by atoms with Crippen molar-refractivity contribution in [2.75, 3.05) is 0 Å². The van der Waals surface area contributed by atoms with Crippen molar-refractivity contribution in [3.05, 3.63) is 321 Å². The Morgan fingerprint density at radius 1 is 0.278 bits per heavy atom. The minimum Gasteiger partial charge on any atom is -0.319 e. The van der Waals surface area contributed by atoms with E-state index in [-0.39, 0.29) is 11.3 Å². The molecule has 422 valence electrons. The number of rotatable bonds is 11. The van der Waals surface area contributed by atoms with Crippen LogP contribution in [0.15, 0.2) is 298 Å². The Bertz CT molecular complexity index is 5150. The summed E-state index contributed by atoms with van der Waals surface area (Å²) in [5.74, 6) is -1.48. The van der Waals surface area contributed by atoms with E-state index in [4.69, 9.17) is 19.9 Å². The average molecular weight is 1160 g/mol. The van der Waals surface area contributed by atoms with Crippen LogP contribution in [-0.4, -0.2) is 29.1 Å². The summed E-state index contributed by atoms with van der Waals surface area (Å²) in [5, 5.41) is 3.75. The van der Waals surface area contributed by atoms with Crippen LogP contribution in [0.25, 0.3) is 160 Å². The van der Waals surface area contributed by atoms with E-state index in [0.29, 0.717) is 16.9 Å². The highest BCUT2D eigenvalue weighted by Gasteiger charge is 2.26. The Labute approximate surface area is 517 Å². The first kappa shape index (κ1) is 53.2. The van der Waals surface area contributed by atoms with Crippen molar-refractivity contribution < 1.29 is 8.78 Å². The van der Waals surface area contributed by atoms with Gasteiger partial charge in [-0.05, 0) is 100 Å². The molecule has 0 radical (unpaired) electrons. The molecule has 0 N–H and O–H groups in total. The topological polar surface area (TPSA) is 65.8 Å². The molecule has 9 heteroatoms. The number of hydrogen-bond donors (Lipinski definition) is 0. The van der Waals surface area contributed by atoms with Crippen LogP contribution in [0.1, 0.15) is 0 Å². The van der Waals surface area contributed by atoms with E-state index in [9.17, 15) is 6.57 Å². The second kappa shape index (κ2) is 22.2. The molecule has 0 aliphatic carbocycles. The number of benzene rings is 10. The SMILES string of the molecule is [C-]#[N+]c1c(-n2c3cc(-c4ccc(-c5ccccc5)nc4)ccc3c3ccc(-c4ccc(-c5ccccc5)nc4)cc32)ccc(-c2cc(F)cc(F)c2)c1-n1c2cc(-c3ccc(-c4ccccc4)nc3)ccc2c2ccc(-c3ccc(-c4ccccc4)nc3)cc21. The summed E-state index contributed by atoms with van der Waals surface area (Å²) >= 11 is 0. The van der Waals surface area contributed by atoms with Gasteiger partial charge >= 0.3 is 0 Å². The van der Waals surface area contributed by atoms with Crippen LogP contribution >= 0.6 is 0 Å². The molecule has 0 bridgehead atoms. The molecule has 0 spiro atoms. The Morgan fingerprint density at radius 3 is 0.889 bits per heavy atom. The minimum absolute atomic E-state index is 0.256. The molecule has 0 aliphatic rings. The summed E-state index contributed by atoms with van der Waals surface area (Å²) in [6.07, 6.45) is 7.59. The molecule has 0 unspecified atom stereocenters. The number of halogens is 2. The maximum Gasteiger partial charge on any atom is 0.234 e. The van der Waals surface area contributed by atoms with Gasteiger partial charge in [0.1, 0.15) is 11.6 Å². The van der Waals surface area contributed by atoms with Crippen molar-refractivity contribution in [3.63, 3.8) is 0 Å². The first-order valence-corrected chi connectivity index (χ1v) is 29.6. The Kier molecular flexibility index (Phi) is 13.2. The third-order valence-corrected chi connectivity index (χ3v) is 17.1. The molecule has 10 aromatic carbocycles. The van der Waals surface area contributed by atoms with E-state index >= 15 is 8.78 Å². The third-order valence-electron chi connectivity index (χ3n) is 17.1. The van der Waals surface area contributed by atoms with E-state index < -0.39 is 11.6 Å². The maximum atomic E-state index is 15.9. The van der Waals surface area contributed by atoms with Gasteiger partial charge in [-0.15, -0.1) is 0 Å². The van der Waals surface area contributed by atoms with Gasteiger partial charge in [0.15, 0.2) is 0 Å². The molecule has 90 heavy (non-hydrogen) atoms. The van der Waals surface area contributed by atoms with Crippen molar-refractivity contribution in [3.8, 4) is 112 Å². The summed E-state index contributed by atoms with van der Waals surface area (Å²) in [6.45, 7) is 9.59. The zero-order valence-corrected chi connectivity index (χ0v) is 48.2. The number of fused-ring (bicyclic) bond motifs is 6. The van der Waals surface area contributed by atoms with Crippen molar-refractivity contribution in [2.24, 2.45) is 0 Å². The van der Waals surface area contributed by atoms with Crippen molar-refractivity contribution in [1.29, 1.82) is 0 Å². The highest BCUT2D eigenvalue weighted by molar-refractivity contribution is 6.14. The smallest absolute Gasteiger partial charge is 0.234 e. The predicted molar refractivity (Wildman–Crippen MR) is 361 cm³/mol. The van der Waals surface area contributed by atoms with Gasteiger partial charge in [-0.1, -0.05) is 200 Å². The van der Waals surface area contributed by atoms with Crippen LogP contribution < -0.4 is 0 Å². The van der Waals surface area contributed by atoms with Crippen LogP contribution in [0.4, 0.5) is 14.5 Å². The molecule has 0 saturated carbocycles. The van der Waals surface area contributed by atoms with Crippen molar-refractivity contribution >= 4 is 49.3 Å². The molecule has 0 aliphatic heterocycles. The molecular formula is C81H49F2N7. The molecule has 0 amide bonds. The second-order valence-electron chi connectivity index (χ2n) is 22.4. The van der Waals surface area contributed by atoms with E-state index in [1.807, 2.05) is 158 Å². The third kappa shape index (κ3) is 9.53. The van der Waals surface area contributed by atoms with Crippen molar-refractivity contribution in [2.45, 2.75) is 0 Å². The van der Waals surface area contributed by atoms with Gasteiger partial charge in [-0.2, -0.15) is 0 Å². The fourth-order valence-corrected chi connectivity index (χ4v) is 12.7. The molecule has 0 atom stereocenters. The zero-order chi connectivity index (χ0) is 60.2. The maximum absolute atomic E-state index is 15.9. The van der Waals surface area contributed by atoms with Crippen LogP contribution in [0.2, 0.25) is 0 Å². The molecule has 6 heterocycles. The number of pyridine rings is 4. The predicted octanol–water partition coefficient (Wildman–Crippen LogP) is 21.3. The Morgan fingerprint density at radius 2 is 0.589 bits per heavy atom. The summed E-state index contributed by atoms with van der Waals surface area (Å²) in [4.78, 5) is 24.3. The van der Waals surface area contributed by atoms with Gasteiger partial charge in [-0.25, -0.2) is 13.6 Å². The van der Waals surface area contributed by atoms with E-state index in [1.165, 1.54) is 12.1 Å². The van der Waals surface area contributed by atoms with Gasteiger partial charge in [0.25, 0.3) is 0 Å². The van der Waals surface area contributed by atoms with E-state index in [2.05, 4.69) is 135 Å². The lowest BCUT2D eigenvalue weighted by Crippen LogP contribution is -2.03. The van der Waals surface area contributed by atoms with Gasteiger partial charge in [0, 0.05) is 96.9 Å². The average Bonchev–Trinajstić information content (AvgIpc) is 2.27. The standard InChI is InChI=1S/C81H49F2N7/c1-84-80-75(89-76-42-55(59-26-35-71(85-47-59)51-14-6-2-7-15-51)22-30-67(76)68-31-23-56(43-77(68)89)60-27-36-72(86-48-60)52-16-8-3-9-17-52)39-34-66(63-40-64(82)46-65(83)41-63)81(80)90-78-44-57(61-28-37-73(87-49-61)53-18-10-4-11-19-53)24-32-69(78)70-33-25-58(45-79(70)90)62-29-38-74(88-50-62)54-20-12-5-13-21-54/h2-50H. The fourth-order valence-electron chi connectivity index (χ4n) is 12.7. The number of aromatic nitrogens is 6. The molecule has 6 aromatic heterocycles. The van der Waals surface area contributed by atoms with Crippen LogP contribution in [0, 0.1) is 18.2 Å². The lowest BCUT2D eigenvalue weighted by molar-refractivity contribution is 0.584. The van der Waals surface area contributed by atoms with Crippen LogP contribution in [0.5, 0.6) is 0 Å². The molecule has 16 aromatic rings. The second-order valence-corrected chi connectivity index (χ2v) is 22.4. The Balaban J connectivity index is 0.964. The van der Waals surface area contributed by atoms with E-state index in [1.54, 1.807) is 0 Å². The van der Waals surface area contributed by atoms with E-state index in [0.717, 1.165) is 139 Å². The summed E-state index contributed by atoms with van der Waals surface area (Å²) in [6, 6.07) is 89.8. The molecule has 7 nitrogen and oxygen atoms in total. The first-order valence-electron chi connectivity index (χ1n) is 29.6. The quantitative estimate of drug-likeness (QED) is 0.121. The fraction of sp³-hybridized carbons (Fsp3) is 0. The van der Waals surface area contributed by atoms with Gasteiger partial charge in [-0.3, -0.25) is 19.9 Å². The van der Waals surface area contributed by atoms with Gasteiger partial charge < -0.3 is 9.13 Å². The first-order chi connectivity index (χ1) is 44.4. The number of hydrogen-bond acceptors (Lipinski definition) is 4. The molecular weight excluding hydrogens is 1110 g/mol. The summed E-state index contributed by atoms with van der Waals surface area (Å²) < 4.78 is 36.1. The lowest BCUT2D eigenvalue weighted by atomic mass is 9.99.